The Labute approximate surface area is 168 Å². The lowest BCUT2D eigenvalue weighted by Gasteiger charge is -2.36. The van der Waals surface area contributed by atoms with Crippen LogP contribution in [0.25, 0.3) is 0 Å². The Balaban J connectivity index is 2.35. The van der Waals surface area contributed by atoms with E-state index >= 15 is 0 Å². The molecule has 1 aromatic carbocycles. The first kappa shape index (κ1) is 21.9. The molecule has 6 heteroatoms. The topological polar surface area (TPSA) is 93.5 Å². The van der Waals surface area contributed by atoms with Gasteiger partial charge in [-0.2, -0.15) is 5.10 Å². The Morgan fingerprint density at radius 3 is 2.50 bits per heavy atom. The lowest BCUT2D eigenvalue weighted by Crippen LogP contribution is -2.31. The number of nitro groups is 1. The summed E-state index contributed by atoms with van der Waals surface area (Å²) in [5.41, 5.74) is 14.4. The molecule has 1 aromatic rings. The minimum atomic E-state index is -0.440. The normalized spacial score (nSPS) is 21.2. The maximum absolute atomic E-state index is 10.9. The van der Waals surface area contributed by atoms with Crippen LogP contribution in [0.15, 0.2) is 34.4 Å². The number of hydrogen-bond acceptors (Lipinski definition) is 5. The fourth-order valence-corrected chi connectivity index (χ4v) is 4.49. The minimum Gasteiger partial charge on any atom is -0.397 e. The Hall–Kier alpha value is -2.37. The van der Waals surface area contributed by atoms with Crippen molar-refractivity contribution in [3.63, 3.8) is 0 Å². The van der Waals surface area contributed by atoms with E-state index in [1.54, 1.807) is 17.2 Å². The van der Waals surface area contributed by atoms with Gasteiger partial charge in [0.15, 0.2) is 0 Å². The summed E-state index contributed by atoms with van der Waals surface area (Å²) in [4.78, 5) is 10.5. The number of rotatable bonds is 9. The molecule has 2 unspecified atom stereocenters. The van der Waals surface area contributed by atoms with Gasteiger partial charge in [0, 0.05) is 30.2 Å². The first-order valence-corrected chi connectivity index (χ1v) is 10.5. The largest absolute Gasteiger partial charge is 0.397 e. The summed E-state index contributed by atoms with van der Waals surface area (Å²) in [5.74, 6) is 0.993. The molecule has 1 aliphatic carbocycles. The summed E-state index contributed by atoms with van der Waals surface area (Å²) in [6.07, 6.45) is 7.67. The third-order valence-electron chi connectivity index (χ3n) is 5.75. The summed E-state index contributed by atoms with van der Waals surface area (Å²) in [5, 5.41) is 15.7. The molecule has 0 amide bonds. The van der Waals surface area contributed by atoms with Gasteiger partial charge in [0.25, 0.3) is 5.69 Å². The number of allylic oxidation sites excluding steroid dienone is 2. The highest BCUT2D eigenvalue weighted by Crippen LogP contribution is 2.41. The zero-order valence-corrected chi connectivity index (χ0v) is 17.6. The smallest absolute Gasteiger partial charge is 0.271 e. The Kier molecular flexibility index (Phi) is 8.03. The van der Waals surface area contributed by atoms with Crippen molar-refractivity contribution < 1.29 is 4.92 Å². The SMILES string of the molecule is CCCC1=C(CC)C(CC)C(CCC)/C(=N/Nc2ccc([N+](=O)[O-])cc2N)C1. The van der Waals surface area contributed by atoms with E-state index in [0.717, 1.165) is 44.9 Å². The van der Waals surface area contributed by atoms with Gasteiger partial charge >= 0.3 is 0 Å². The molecule has 0 aliphatic heterocycles. The second-order valence-corrected chi connectivity index (χ2v) is 7.56. The van der Waals surface area contributed by atoms with Crippen molar-refractivity contribution in [2.24, 2.45) is 16.9 Å². The summed E-state index contributed by atoms with van der Waals surface area (Å²) in [6, 6.07) is 4.46. The molecule has 0 spiro atoms. The van der Waals surface area contributed by atoms with Crippen LogP contribution in [0.3, 0.4) is 0 Å². The molecule has 154 valence electrons. The molecule has 0 radical (unpaired) electrons. The highest BCUT2D eigenvalue weighted by Gasteiger charge is 2.33. The first-order chi connectivity index (χ1) is 13.5. The van der Waals surface area contributed by atoms with Crippen LogP contribution in [-0.4, -0.2) is 10.6 Å². The van der Waals surface area contributed by atoms with Gasteiger partial charge in [0.05, 0.1) is 16.3 Å². The quantitative estimate of drug-likeness (QED) is 0.225. The summed E-state index contributed by atoms with van der Waals surface area (Å²) < 4.78 is 0. The zero-order valence-electron chi connectivity index (χ0n) is 17.6. The fourth-order valence-electron chi connectivity index (χ4n) is 4.49. The van der Waals surface area contributed by atoms with E-state index in [2.05, 4.69) is 33.1 Å². The molecule has 2 rings (SSSR count). The number of hydrogen-bond donors (Lipinski definition) is 2. The van der Waals surface area contributed by atoms with E-state index in [9.17, 15) is 10.1 Å². The Morgan fingerprint density at radius 1 is 1.21 bits per heavy atom. The highest BCUT2D eigenvalue weighted by atomic mass is 16.6. The molecule has 0 saturated heterocycles. The molecule has 0 saturated carbocycles. The van der Waals surface area contributed by atoms with E-state index in [0.29, 0.717) is 23.2 Å². The van der Waals surface area contributed by atoms with Crippen molar-refractivity contribution in [1.29, 1.82) is 0 Å². The molecule has 2 atom stereocenters. The van der Waals surface area contributed by atoms with Crippen LogP contribution in [0.4, 0.5) is 17.1 Å². The second kappa shape index (κ2) is 10.2. The zero-order chi connectivity index (χ0) is 20.7. The number of benzene rings is 1. The molecule has 6 nitrogen and oxygen atoms in total. The van der Waals surface area contributed by atoms with Crippen molar-refractivity contribution in [2.75, 3.05) is 11.2 Å². The molecule has 0 bridgehead atoms. The first-order valence-electron chi connectivity index (χ1n) is 10.5. The van der Waals surface area contributed by atoms with Crippen LogP contribution in [0.5, 0.6) is 0 Å². The van der Waals surface area contributed by atoms with Crippen LogP contribution in [-0.2, 0) is 0 Å². The molecular weight excluding hydrogens is 352 g/mol. The second-order valence-electron chi connectivity index (χ2n) is 7.56. The average molecular weight is 387 g/mol. The molecule has 0 fully saturated rings. The summed E-state index contributed by atoms with van der Waals surface area (Å²) in [6.45, 7) is 9.00. The predicted octanol–water partition coefficient (Wildman–Crippen LogP) is 6.30. The number of nitrogen functional groups attached to an aromatic ring is 1. The molecule has 0 heterocycles. The number of anilines is 2. The lowest BCUT2D eigenvalue weighted by atomic mass is 9.69. The van der Waals surface area contributed by atoms with E-state index in [1.165, 1.54) is 17.8 Å². The third-order valence-corrected chi connectivity index (χ3v) is 5.75. The van der Waals surface area contributed by atoms with E-state index < -0.39 is 4.92 Å². The van der Waals surface area contributed by atoms with Crippen molar-refractivity contribution in [3.05, 3.63) is 39.5 Å². The van der Waals surface area contributed by atoms with E-state index in [4.69, 9.17) is 10.8 Å². The molecule has 0 aromatic heterocycles. The number of hydrazone groups is 1. The number of nitrogens with one attached hydrogen (secondary N) is 1. The summed E-state index contributed by atoms with van der Waals surface area (Å²) >= 11 is 0. The van der Waals surface area contributed by atoms with Gasteiger partial charge in [-0.1, -0.05) is 51.7 Å². The highest BCUT2D eigenvalue weighted by molar-refractivity contribution is 5.91. The standard InChI is InChI=1S/C22H34N4O2/c1-5-9-15-13-22(19(10-6-2)18(8-4)17(15)7-3)25-24-21-12-11-16(26(27)28)14-20(21)23/h11-12,14,18-19,24H,5-10,13,23H2,1-4H3/b25-22+. The Bertz CT molecular complexity index is 755. The van der Waals surface area contributed by atoms with Crippen LogP contribution in [0.1, 0.15) is 72.6 Å². The summed E-state index contributed by atoms with van der Waals surface area (Å²) in [7, 11) is 0. The van der Waals surface area contributed by atoms with E-state index in [-0.39, 0.29) is 5.69 Å². The predicted molar refractivity (Wildman–Crippen MR) is 118 cm³/mol. The maximum Gasteiger partial charge on any atom is 0.271 e. The maximum atomic E-state index is 10.9. The van der Waals surface area contributed by atoms with Crippen molar-refractivity contribution in [2.45, 2.75) is 72.6 Å². The third kappa shape index (κ3) is 4.91. The van der Waals surface area contributed by atoms with Crippen molar-refractivity contribution in [1.82, 2.24) is 0 Å². The molecule has 28 heavy (non-hydrogen) atoms. The number of non-ortho nitro benzene ring substituents is 1. The fraction of sp³-hybridized carbons (Fsp3) is 0.591. The van der Waals surface area contributed by atoms with Gasteiger partial charge in [-0.3, -0.25) is 15.5 Å². The van der Waals surface area contributed by atoms with Gasteiger partial charge in [-0.15, -0.1) is 0 Å². The number of nitrogens with zero attached hydrogens (tertiary/aromatic N) is 2. The van der Waals surface area contributed by atoms with Gasteiger partial charge in [0.1, 0.15) is 0 Å². The van der Waals surface area contributed by atoms with Gasteiger partial charge < -0.3 is 5.73 Å². The Morgan fingerprint density at radius 2 is 1.96 bits per heavy atom. The van der Waals surface area contributed by atoms with Gasteiger partial charge in [-0.25, -0.2) is 0 Å². The number of nitro benzene ring substituents is 1. The minimum absolute atomic E-state index is 0.0102. The van der Waals surface area contributed by atoms with Crippen LogP contribution < -0.4 is 11.2 Å². The van der Waals surface area contributed by atoms with Crippen molar-refractivity contribution in [3.8, 4) is 0 Å². The van der Waals surface area contributed by atoms with Crippen LogP contribution in [0, 0.1) is 22.0 Å². The van der Waals surface area contributed by atoms with Crippen LogP contribution in [0.2, 0.25) is 0 Å². The lowest BCUT2D eigenvalue weighted by molar-refractivity contribution is -0.384. The van der Waals surface area contributed by atoms with E-state index in [1.807, 2.05) is 0 Å². The monoisotopic (exact) mass is 386 g/mol. The molecule has 1 aliphatic rings. The molecular formula is C22H34N4O2. The van der Waals surface area contributed by atoms with Gasteiger partial charge in [-0.05, 0) is 37.7 Å². The molecule has 3 N–H and O–H groups in total. The van der Waals surface area contributed by atoms with Gasteiger partial charge in [0.2, 0.25) is 0 Å². The van der Waals surface area contributed by atoms with Crippen LogP contribution >= 0.6 is 0 Å². The average Bonchev–Trinajstić information content (AvgIpc) is 2.68. The van der Waals surface area contributed by atoms with Crippen molar-refractivity contribution >= 4 is 22.8 Å². The number of nitrogens with two attached hydrogens (primary N) is 1.